The lowest BCUT2D eigenvalue weighted by Crippen LogP contribution is -3.09. The molecule has 2 atom stereocenters. The quantitative estimate of drug-likeness (QED) is 0.617. The van der Waals surface area contributed by atoms with Crippen molar-refractivity contribution in [2.24, 2.45) is 10.2 Å². The molecule has 0 bridgehead atoms. The Balaban J connectivity index is 0.000000648. The average molecular weight is 370 g/mol. The number of nitrogens with one attached hydrogen (secondary N) is 1. The van der Waals surface area contributed by atoms with Gasteiger partial charge in [-0.2, -0.15) is 0 Å². The van der Waals surface area contributed by atoms with Gasteiger partial charge in [0.25, 0.3) is 5.50 Å². The summed E-state index contributed by atoms with van der Waals surface area (Å²) in [5.41, 5.74) is 2.17. The Labute approximate surface area is 153 Å². The number of halogens is 1. The number of Topliss-reactive ketones (excluding diaryl/α,β-unsaturated/α-hetero) is 1. The summed E-state index contributed by atoms with van der Waals surface area (Å²) in [4.78, 5) is 12.8. The van der Waals surface area contributed by atoms with Crippen molar-refractivity contribution >= 4 is 40.5 Å². The van der Waals surface area contributed by atoms with Crippen molar-refractivity contribution in [2.45, 2.75) is 25.8 Å². The van der Waals surface area contributed by atoms with E-state index in [0.717, 1.165) is 24.3 Å². The third-order valence-corrected chi connectivity index (χ3v) is 4.27. The third kappa shape index (κ3) is 7.95. The van der Waals surface area contributed by atoms with Crippen LogP contribution in [0.1, 0.15) is 20.3 Å². The molecule has 7 heteroatoms. The van der Waals surface area contributed by atoms with E-state index in [2.05, 4.69) is 26.7 Å². The van der Waals surface area contributed by atoms with Crippen molar-refractivity contribution in [2.75, 3.05) is 31.4 Å². The Morgan fingerprint density at radius 2 is 1.92 bits per heavy atom. The smallest absolute Gasteiger partial charge is 0.256 e. The first-order valence-electron chi connectivity index (χ1n) is 7.83. The van der Waals surface area contributed by atoms with Gasteiger partial charge in [0.15, 0.2) is 0 Å². The lowest BCUT2D eigenvalue weighted by Gasteiger charge is -2.14. The number of nitrogens with zero attached hydrogens (tertiary/aromatic N) is 3. The maximum Gasteiger partial charge on any atom is 0.256 e. The summed E-state index contributed by atoms with van der Waals surface area (Å²) in [5.74, 6) is 0.859. The largest absolute Gasteiger partial charge is 0.378 e. The van der Waals surface area contributed by atoms with E-state index in [9.17, 15) is 4.79 Å². The van der Waals surface area contributed by atoms with Gasteiger partial charge in [-0.15, -0.1) is 21.8 Å². The first-order valence-corrected chi connectivity index (χ1v) is 9.31. The maximum atomic E-state index is 9.44. The average Bonchev–Trinajstić information content (AvgIpc) is 2.98. The van der Waals surface area contributed by atoms with Gasteiger partial charge < -0.3 is 9.69 Å². The number of thioether (sulfide) groups is 1. The fourth-order valence-electron chi connectivity index (χ4n) is 1.89. The second-order valence-electron chi connectivity index (χ2n) is 5.69. The number of carbonyl (C=O) groups excluding carboxylic acids is 1. The highest BCUT2D eigenvalue weighted by Gasteiger charge is 2.24. The number of ketones is 1. The van der Waals surface area contributed by atoms with Crippen LogP contribution in [0.25, 0.3) is 0 Å². The van der Waals surface area contributed by atoms with Crippen molar-refractivity contribution < 1.29 is 9.69 Å². The molecule has 0 amide bonds. The minimum Gasteiger partial charge on any atom is -0.378 e. The molecule has 0 spiro atoms. The number of alkyl halides is 1. The van der Waals surface area contributed by atoms with Gasteiger partial charge in [0.2, 0.25) is 0 Å². The summed E-state index contributed by atoms with van der Waals surface area (Å²) in [5, 5.41) is 10.9. The molecule has 132 valence electrons. The molecule has 0 saturated carbocycles. The number of azo groups is 1. The molecule has 5 nitrogen and oxygen atoms in total. The SMILES string of the molecule is CC(C)=O.CN(C)c1ccc(N=NC2SC=C[NH+]2CCCCl)cc1. The Morgan fingerprint density at radius 3 is 2.46 bits per heavy atom. The Kier molecular flexibility index (Phi) is 9.67. The highest BCUT2D eigenvalue weighted by atomic mass is 35.5. The minimum absolute atomic E-state index is 0.117. The van der Waals surface area contributed by atoms with Gasteiger partial charge in [-0.1, -0.05) is 0 Å². The lowest BCUT2D eigenvalue weighted by atomic mass is 10.3. The zero-order chi connectivity index (χ0) is 17.9. The van der Waals surface area contributed by atoms with Crippen LogP contribution in [0.5, 0.6) is 0 Å². The van der Waals surface area contributed by atoms with Crippen LogP contribution < -0.4 is 9.80 Å². The van der Waals surface area contributed by atoms with E-state index >= 15 is 0 Å². The normalized spacial score (nSPS) is 19.2. The molecular formula is C17H26ClN4OS+. The molecule has 0 saturated heterocycles. The fourth-order valence-corrected chi connectivity index (χ4v) is 2.90. The second kappa shape index (κ2) is 11.2. The standard InChI is InChI=1S/C14H19ClN4S.C3H6O/c1-18(2)13-6-4-12(5-7-13)16-17-14-19(9-3-8-15)10-11-20-14;1-3(2)4/h4-7,10-11,14H,3,8-9H2,1-2H3;1-2H3/p+1. The van der Waals surface area contributed by atoms with Crippen LogP contribution in [0.15, 0.2) is 46.1 Å². The van der Waals surface area contributed by atoms with E-state index in [1.807, 2.05) is 38.4 Å². The molecule has 1 aromatic carbocycles. The van der Waals surface area contributed by atoms with Crippen LogP contribution in [0.2, 0.25) is 0 Å². The number of hydrogen-bond donors (Lipinski definition) is 1. The third-order valence-electron chi connectivity index (χ3n) is 3.05. The van der Waals surface area contributed by atoms with Crippen LogP contribution in [0.3, 0.4) is 0 Å². The minimum atomic E-state index is 0.117. The van der Waals surface area contributed by atoms with Gasteiger partial charge in [-0.3, -0.25) is 4.90 Å². The summed E-state index contributed by atoms with van der Waals surface area (Å²) in [6.07, 6.45) is 3.13. The monoisotopic (exact) mass is 369 g/mol. The van der Waals surface area contributed by atoms with E-state index in [-0.39, 0.29) is 11.3 Å². The van der Waals surface area contributed by atoms with E-state index in [4.69, 9.17) is 11.6 Å². The van der Waals surface area contributed by atoms with Gasteiger partial charge >= 0.3 is 0 Å². The molecule has 1 aromatic rings. The van der Waals surface area contributed by atoms with Crippen molar-refractivity contribution in [1.29, 1.82) is 0 Å². The summed E-state index contributed by atoms with van der Waals surface area (Å²) in [6.45, 7) is 4.05. The Hall–Kier alpha value is -1.37. The highest BCUT2D eigenvalue weighted by molar-refractivity contribution is 8.02. The van der Waals surface area contributed by atoms with E-state index < -0.39 is 0 Å². The van der Waals surface area contributed by atoms with Gasteiger partial charge in [-0.25, -0.2) is 0 Å². The summed E-state index contributed by atoms with van der Waals surface area (Å²) in [7, 11) is 4.05. The van der Waals surface area contributed by atoms with Gasteiger partial charge in [0, 0.05) is 37.5 Å². The Bertz CT molecular complexity index is 556. The zero-order valence-electron chi connectivity index (χ0n) is 14.7. The lowest BCUT2D eigenvalue weighted by molar-refractivity contribution is -0.855. The zero-order valence-corrected chi connectivity index (χ0v) is 16.3. The second-order valence-corrected chi connectivity index (χ2v) is 7.06. The number of benzene rings is 1. The molecule has 1 aliphatic heterocycles. The molecule has 24 heavy (non-hydrogen) atoms. The molecule has 1 N–H and O–H groups in total. The van der Waals surface area contributed by atoms with Crippen molar-refractivity contribution in [3.63, 3.8) is 0 Å². The first kappa shape index (κ1) is 20.7. The number of quaternary nitrogens is 1. The number of hydrogen-bond acceptors (Lipinski definition) is 5. The van der Waals surface area contributed by atoms with Crippen molar-refractivity contribution in [3.05, 3.63) is 35.9 Å². The van der Waals surface area contributed by atoms with Crippen LogP contribution in [0.4, 0.5) is 11.4 Å². The molecule has 2 rings (SSSR count). The molecule has 1 aliphatic rings. The van der Waals surface area contributed by atoms with Crippen molar-refractivity contribution in [3.8, 4) is 0 Å². The number of rotatable bonds is 6. The van der Waals surface area contributed by atoms with Crippen molar-refractivity contribution in [1.82, 2.24) is 0 Å². The summed E-state index contributed by atoms with van der Waals surface area (Å²) >= 11 is 7.44. The predicted molar refractivity (Wildman–Crippen MR) is 103 cm³/mol. The fraction of sp³-hybridized carbons (Fsp3) is 0.471. The summed E-state index contributed by atoms with van der Waals surface area (Å²) < 4.78 is 0. The molecule has 0 aromatic heterocycles. The number of anilines is 1. The molecule has 2 unspecified atom stereocenters. The van der Waals surface area contributed by atoms with E-state index in [0.29, 0.717) is 5.88 Å². The molecule has 0 radical (unpaired) electrons. The number of carbonyl (C=O) groups is 1. The van der Waals surface area contributed by atoms with Crippen LogP contribution >= 0.6 is 23.4 Å². The van der Waals surface area contributed by atoms with E-state index in [1.165, 1.54) is 18.7 Å². The van der Waals surface area contributed by atoms with Crippen LogP contribution in [-0.2, 0) is 4.79 Å². The van der Waals surface area contributed by atoms with Crippen LogP contribution in [0, 0.1) is 0 Å². The molecule has 1 heterocycles. The van der Waals surface area contributed by atoms with Crippen LogP contribution in [-0.4, -0.2) is 37.8 Å². The van der Waals surface area contributed by atoms with Gasteiger partial charge in [-0.05, 0) is 49.9 Å². The topological polar surface area (TPSA) is 49.5 Å². The Morgan fingerprint density at radius 1 is 1.29 bits per heavy atom. The molecule has 0 aliphatic carbocycles. The predicted octanol–water partition coefficient (Wildman–Crippen LogP) is 3.45. The first-order chi connectivity index (χ1) is 11.4. The maximum absolute atomic E-state index is 9.44. The highest BCUT2D eigenvalue weighted by Crippen LogP contribution is 2.20. The molecule has 0 fully saturated rings. The van der Waals surface area contributed by atoms with Gasteiger partial charge in [0.1, 0.15) is 12.0 Å². The molecular weight excluding hydrogens is 344 g/mol. The van der Waals surface area contributed by atoms with Gasteiger partial charge in [0.05, 0.1) is 12.2 Å². The summed E-state index contributed by atoms with van der Waals surface area (Å²) in [6, 6.07) is 8.08. The van der Waals surface area contributed by atoms with E-state index in [1.54, 1.807) is 11.8 Å².